The average Bonchev–Trinajstić information content (AvgIpc) is 2.62. The highest BCUT2D eigenvalue weighted by Crippen LogP contribution is 2.47. The van der Waals surface area contributed by atoms with Gasteiger partial charge in [-0.15, -0.1) is 0 Å². The molecule has 0 saturated heterocycles. The zero-order valence-corrected chi connectivity index (χ0v) is 13.9. The molecule has 2 heterocycles. The fraction of sp³-hybridized carbons (Fsp3) is 0.118. The van der Waals surface area contributed by atoms with Crippen molar-refractivity contribution in [3.05, 3.63) is 42.7 Å². The average molecular weight is 338 g/mol. The quantitative estimate of drug-likeness (QED) is 0.734. The standard InChI is InChI=1S/C17H14N4O2S/c1-22-12-8-11-13-14(15(12)23-2)20-17(24)21(16(13)19-9-18-11)10-6-4-3-5-7-10/h3-9H,1-2H3,(H,20,24). The predicted molar refractivity (Wildman–Crippen MR) is 97.4 cm³/mol. The molecule has 0 unspecified atom stereocenters. The van der Waals surface area contributed by atoms with Crippen LogP contribution >= 0.6 is 12.2 Å². The van der Waals surface area contributed by atoms with Crippen molar-refractivity contribution in [1.29, 1.82) is 0 Å². The Morgan fingerprint density at radius 3 is 2.58 bits per heavy atom. The van der Waals surface area contributed by atoms with E-state index in [1.165, 1.54) is 6.33 Å². The zero-order valence-electron chi connectivity index (χ0n) is 13.1. The number of nitrogens with zero attached hydrogens (tertiary/aromatic N) is 3. The van der Waals surface area contributed by atoms with Crippen molar-refractivity contribution >= 4 is 45.4 Å². The summed E-state index contributed by atoms with van der Waals surface area (Å²) in [5, 5.41) is 4.59. The van der Waals surface area contributed by atoms with Crippen molar-refractivity contribution in [2.75, 3.05) is 24.4 Å². The third-order valence-electron chi connectivity index (χ3n) is 3.91. The summed E-state index contributed by atoms with van der Waals surface area (Å²) in [6, 6.07) is 11.7. The number of hydrogen-bond acceptors (Lipinski definition) is 5. The lowest BCUT2D eigenvalue weighted by Gasteiger charge is -2.31. The van der Waals surface area contributed by atoms with Gasteiger partial charge in [0.2, 0.25) is 0 Å². The molecule has 120 valence electrons. The molecule has 0 spiro atoms. The summed E-state index contributed by atoms with van der Waals surface area (Å²) in [5.74, 6) is 1.88. The van der Waals surface area contributed by atoms with Gasteiger partial charge in [-0.25, -0.2) is 9.97 Å². The largest absolute Gasteiger partial charge is 0.493 e. The lowest BCUT2D eigenvalue weighted by Crippen LogP contribution is -2.34. The first-order chi connectivity index (χ1) is 11.7. The molecule has 0 amide bonds. The lowest BCUT2D eigenvalue weighted by atomic mass is 10.1. The van der Waals surface area contributed by atoms with E-state index in [2.05, 4.69) is 15.3 Å². The van der Waals surface area contributed by atoms with Crippen LogP contribution in [0.2, 0.25) is 0 Å². The number of benzene rings is 2. The summed E-state index contributed by atoms with van der Waals surface area (Å²) >= 11 is 5.58. The van der Waals surface area contributed by atoms with Crippen molar-refractivity contribution in [2.24, 2.45) is 0 Å². The fourth-order valence-electron chi connectivity index (χ4n) is 2.88. The van der Waals surface area contributed by atoms with Crippen molar-refractivity contribution in [1.82, 2.24) is 9.97 Å². The number of rotatable bonds is 3. The van der Waals surface area contributed by atoms with E-state index >= 15 is 0 Å². The summed E-state index contributed by atoms with van der Waals surface area (Å²) in [6.45, 7) is 0. The molecule has 1 aliphatic heterocycles. The smallest absolute Gasteiger partial charge is 0.185 e. The number of thiocarbonyl (C=S) groups is 1. The summed E-state index contributed by atoms with van der Waals surface area (Å²) in [4.78, 5) is 10.7. The number of nitrogens with one attached hydrogen (secondary N) is 1. The Labute approximate surface area is 144 Å². The molecule has 6 nitrogen and oxygen atoms in total. The van der Waals surface area contributed by atoms with E-state index in [0.29, 0.717) is 22.4 Å². The molecule has 1 aromatic heterocycles. The van der Waals surface area contributed by atoms with E-state index in [1.807, 2.05) is 41.3 Å². The first-order valence-corrected chi connectivity index (χ1v) is 7.71. The van der Waals surface area contributed by atoms with Crippen LogP contribution in [0.4, 0.5) is 17.2 Å². The molecule has 24 heavy (non-hydrogen) atoms. The van der Waals surface area contributed by atoms with Crippen LogP contribution in [0.3, 0.4) is 0 Å². The van der Waals surface area contributed by atoms with Gasteiger partial charge in [0.15, 0.2) is 22.4 Å². The minimum Gasteiger partial charge on any atom is -0.493 e. The van der Waals surface area contributed by atoms with Gasteiger partial charge in [-0.05, 0) is 24.4 Å². The lowest BCUT2D eigenvalue weighted by molar-refractivity contribution is 0.357. The number of anilines is 3. The van der Waals surface area contributed by atoms with Gasteiger partial charge in [0, 0.05) is 11.8 Å². The number of hydrogen-bond donors (Lipinski definition) is 1. The molecule has 2 aromatic carbocycles. The maximum atomic E-state index is 5.58. The SMILES string of the molecule is COc1cc2ncnc3c2c(c1OC)NC(=S)N3c1ccccc1. The van der Waals surface area contributed by atoms with Crippen LogP contribution in [0, 0.1) is 0 Å². The van der Waals surface area contributed by atoms with E-state index < -0.39 is 0 Å². The van der Waals surface area contributed by atoms with Crippen LogP contribution < -0.4 is 19.7 Å². The third kappa shape index (κ3) is 2.05. The number of para-hydroxylation sites is 1. The Kier molecular flexibility index (Phi) is 3.42. The molecule has 0 radical (unpaired) electrons. The van der Waals surface area contributed by atoms with Gasteiger partial charge in [0.1, 0.15) is 12.0 Å². The van der Waals surface area contributed by atoms with E-state index in [4.69, 9.17) is 21.7 Å². The van der Waals surface area contributed by atoms with E-state index in [0.717, 1.165) is 22.3 Å². The molecular formula is C17H14N4O2S. The van der Waals surface area contributed by atoms with Gasteiger partial charge in [0.25, 0.3) is 0 Å². The fourth-order valence-corrected chi connectivity index (χ4v) is 3.18. The van der Waals surface area contributed by atoms with Gasteiger partial charge in [-0.2, -0.15) is 0 Å². The molecule has 4 rings (SSSR count). The molecule has 7 heteroatoms. The normalized spacial score (nSPS) is 12.9. The summed E-state index contributed by atoms with van der Waals surface area (Å²) in [5.41, 5.74) is 2.40. The summed E-state index contributed by atoms with van der Waals surface area (Å²) in [6.07, 6.45) is 1.53. The van der Waals surface area contributed by atoms with Crippen LogP contribution in [-0.4, -0.2) is 29.3 Å². The van der Waals surface area contributed by atoms with Crippen LogP contribution in [-0.2, 0) is 0 Å². The second-order valence-electron chi connectivity index (χ2n) is 5.18. The van der Waals surface area contributed by atoms with Crippen molar-refractivity contribution in [2.45, 2.75) is 0 Å². The van der Waals surface area contributed by atoms with E-state index in [9.17, 15) is 0 Å². The second kappa shape index (κ2) is 5.61. The third-order valence-corrected chi connectivity index (χ3v) is 4.20. The molecule has 3 aromatic rings. The first-order valence-electron chi connectivity index (χ1n) is 7.30. The molecule has 0 saturated carbocycles. The highest BCUT2D eigenvalue weighted by Gasteiger charge is 2.30. The molecule has 0 bridgehead atoms. The minimum atomic E-state index is 0.514. The van der Waals surface area contributed by atoms with Crippen LogP contribution in [0.5, 0.6) is 11.5 Å². The van der Waals surface area contributed by atoms with Gasteiger partial charge in [-0.3, -0.25) is 4.90 Å². The second-order valence-corrected chi connectivity index (χ2v) is 5.57. The number of ether oxygens (including phenoxy) is 2. The maximum absolute atomic E-state index is 5.58. The highest BCUT2D eigenvalue weighted by molar-refractivity contribution is 7.80. The summed E-state index contributed by atoms with van der Waals surface area (Å²) < 4.78 is 10.9. The van der Waals surface area contributed by atoms with Crippen LogP contribution in [0.1, 0.15) is 0 Å². The van der Waals surface area contributed by atoms with Crippen molar-refractivity contribution < 1.29 is 9.47 Å². The molecule has 0 aliphatic carbocycles. The Balaban J connectivity index is 2.05. The maximum Gasteiger partial charge on any atom is 0.185 e. The van der Waals surface area contributed by atoms with Gasteiger partial charge >= 0.3 is 0 Å². The number of methoxy groups -OCH3 is 2. The Morgan fingerprint density at radius 1 is 1.08 bits per heavy atom. The first kappa shape index (κ1) is 14.6. The van der Waals surface area contributed by atoms with E-state index in [1.54, 1.807) is 14.2 Å². The highest BCUT2D eigenvalue weighted by atomic mass is 32.1. The molecule has 0 atom stereocenters. The van der Waals surface area contributed by atoms with Crippen molar-refractivity contribution in [3.63, 3.8) is 0 Å². The van der Waals surface area contributed by atoms with Crippen molar-refractivity contribution in [3.8, 4) is 11.5 Å². The Hall–Kier alpha value is -2.93. The number of aromatic nitrogens is 2. The van der Waals surface area contributed by atoms with Crippen LogP contribution in [0.15, 0.2) is 42.7 Å². The van der Waals surface area contributed by atoms with E-state index in [-0.39, 0.29) is 0 Å². The molecule has 1 N–H and O–H groups in total. The van der Waals surface area contributed by atoms with Gasteiger partial charge < -0.3 is 14.8 Å². The topological polar surface area (TPSA) is 59.5 Å². The minimum absolute atomic E-state index is 0.514. The molecule has 0 fully saturated rings. The Morgan fingerprint density at radius 2 is 1.88 bits per heavy atom. The molecular weight excluding hydrogens is 324 g/mol. The predicted octanol–water partition coefficient (Wildman–Crippen LogP) is 3.50. The monoisotopic (exact) mass is 338 g/mol. The van der Waals surface area contributed by atoms with Gasteiger partial charge in [-0.1, -0.05) is 18.2 Å². The zero-order chi connectivity index (χ0) is 16.7. The molecule has 1 aliphatic rings. The Bertz CT molecular complexity index is 946. The van der Waals surface area contributed by atoms with Crippen LogP contribution in [0.25, 0.3) is 10.9 Å². The van der Waals surface area contributed by atoms with Gasteiger partial charge in [0.05, 0.1) is 25.1 Å². The summed E-state index contributed by atoms with van der Waals surface area (Å²) in [7, 11) is 3.19.